The Bertz CT molecular complexity index is 1270. The Morgan fingerprint density at radius 3 is 2.53 bits per heavy atom. The van der Waals surface area contributed by atoms with Crippen molar-refractivity contribution in [2.45, 2.75) is 20.5 Å². The number of nitrogens with zero attached hydrogens (tertiary/aromatic N) is 3. The second kappa shape index (κ2) is 8.28. The van der Waals surface area contributed by atoms with E-state index in [-0.39, 0.29) is 18.1 Å². The summed E-state index contributed by atoms with van der Waals surface area (Å²) in [7, 11) is 1.75. The molecule has 0 aliphatic rings. The van der Waals surface area contributed by atoms with Crippen LogP contribution in [0.25, 0.3) is 21.0 Å². The lowest BCUT2D eigenvalue weighted by atomic mass is 10.1. The molecule has 0 saturated carbocycles. The third kappa shape index (κ3) is 3.35. The molecule has 0 atom stereocenters. The fourth-order valence-electron chi connectivity index (χ4n) is 3.60. The number of benzene rings is 1. The van der Waals surface area contributed by atoms with E-state index in [9.17, 15) is 9.59 Å². The van der Waals surface area contributed by atoms with Gasteiger partial charge in [0.2, 0.25) is 0 Å². The number of pyridine rings is 2. The molecule has 0 aliphatic carbocycles. The van der Waals surface area contributed by atoms with Gasteiger partial charge >= 0.3 is 0 Å². The van der Waals surface area contributed by atoms with E-state index in [1.54, 1.807) is 28.9 Å². The van der Waals surface area contributed by atoms with Gasteiger partial charge in [-0.05, 0) is 37.6 Å². The predicted molar refractivity (Wildman–Crippen MR) is 120 cm³/mol. The summed E-state index contributed by atoms with van der Waals surface area (Å²) in [5, 5.41) is 1.40. The molecule has 4 rings (SSSR count). The number of hydrogen-bond donors (Lipinski definition) is 0. The number of amides is 1. The fourth-order valence-corrected chi connectivity index (χ4v) is 4.84. The molecule has 4 aromatic rings. The first-order chi connectivity index (χ1) is 14.6. The number of rotatable bonds is 6. The maximum absolute atomic E-state index is 13.3. The molecule has 1 aromatic carbocycles. The van der Waals surface area contributed by atoms with Crippen LogP contribution in [0.4, 0.5) is 0 Å². The van der Waals surface area contributed by atoms with Crippen molar-refractivity contribution >= 4 is 38.2 Å². The third-order valence-electron chi connectivity index (χ3n) is 5.27. The Hall–Kier alpha value is -3.19. The zero-order valence-corrected chi connectivity index (χ0v) is 18.0. The average Bonchev–Trinajstić information content (AvgIpc) is 3.17. The van der Waals surface area contributed by atoms with Crippen molar-refractivity contribution in [1.82, 2.24) is 14.5 Å². The van der Waals surface area contributed by atoms with E-state index in [0.717, 1.165) is 21.2 Å². The SMILES string of the molecule is CCN(CC)C(=O)c1sc2c(c1OCc1ccncc1)c(=O)n(C)c1ccccc21. The van der Waals surface area contributed by atoms with Crippen molar-refractivity contribution in [2.24, 2.45) is 7.05 Å². The highest BCUT2D eigenvalue weighted by atomic mass is 32.1. The molecule has 3 heterocycles. The highest BCUT2D eigenvalue weighted by Gasteiger charge is 2.27. The summed E-state index contributed by atoms with van der Waals surface area (Å²) in [5.41, 5.74) is 1.59. The number of para-hydroxylation sites is 1. The van der Waals surface area contributed by atoms with E-state index < -0.39 is 0 Å². The van der Waals surface area contributed by atoms with Gasteiger partial charge in [0, 0.05) is 37.9 Å². The van der Waals surface area contributed by atoms with E-state index in [1.165, 1.54) is 11.3 Å². The number of aryl methyl sites for hydroxylation is 1. The smallest absolute Gasteiger partial charge is 0.267 e. The van der Waals surface area contributed by atoms with E-state index in [2.05, 4.69) is 4.98 Å². The molecule has 3 aromatic heterocycles. The Balaban J connectivity index is 1.96. The molecule has 7 heteroatoms. The summed E-state index contributed by atoms with van der Waals surface area (Å²) < 4.78 is 8.55. The first-order valence-corrected chi connectivity index (χ1v) is 10.7. The van der Waals surface area contributed by atoms with Crippen LogP contribution in [0.15, 0.2) is 53.6 Å². The van der Waals surface area contributed by atoms with Crippen LogP contribution in [-0.4, -0.2) is 33.4 Å². The lowest BCUT2D eigenvalue weighted by molar-refractivity contribution is 0.0773. The van der Waals surface area contributed by atoms with Gasteiger partial charge in [-0.3, -0.25) is 14.6 Å². The Morgan fingerprint density at radius 2 is 1.83 bits per heavy atom. The van der Waals surface area contributed by atoms with Gasteiger partial charge in [0.25, 0.3) is 11.5 Å². The molecule has 1 amide bonds. The quantitative estimate of drug-likeness (QED) is 0.468. The van der Waals surface area contributed by atoms with Crippen LogP contribution >= 0.6 is 11.3 Å². The van der Waals surface area contributed by atoms with E-state index >= 15 is 0 Å². The van der Waals surface area contributed by atoms with Crippen LogP contribution in [-0.2, 0) is 13.7 Å². The molecule has 0 bridgehead atoms. The lowest BCUT2D eigenvalue weighted by Gasteiger charge is -2.18. The Morgan fingerprint density at radius 1 is 1.13 bits per heavy atom. The van der Waals surface area contributed by atoms with Crippen molar-refractivity contribution in [3.8, 4) is 5.75 Å². The molecule has 0 aliphatic heterocycles. The summed E-state index contributed by atoms with van der Waals surface area (Å²) in [4.78, 5) is 32.8. The van der Waals surface area contributed by atoms with Crippen LogP contribution in [0.3, 0.4) is 0 Å². The fraction of sp³-hybridized carbons (Fsp3) is 0.261. The summed E-state index contributed by atoms with van der Waals surface area (Å²) in [6, 6.07) is 11.5. The zero-order valence-electron chi connectivity index (χ0n) is 17.2. The predicted octanol–water partition coefficient (Wildman–Crippen LogP) is 4.21. The van der Waals surface area contributed by atoms with Gasteiger partial charge in [-0.2, -0.15) is 0 Å². The molecule has 6 nitrogen and oxygen atoms in total. The van der Waals surface area contributed by atoms with Crippen molar-refractivity contribution in [3.63, 3.8) is 0 Å². The maximum atomic E-state index is 13.3. The number of fused-ring (bicyclic) bond motifs is 3. The van der Waals surface area contributed by atoms with E-state index in [1.807, 2.05) is 50.2 Å². The third-order valence-corrected chi connectivity index (χ3v) is 6.46. The molecule has 0 spiro atoms. The molecular formula is C23H23N3O3S. The van der Waals surface area contributed by atoms with Crippen molar-refractivity contribution in [1.29, 1.82) is 0 Å². The molecule has 0 saturated heterocycles. The first-order valence-electron chi connectivity index (χ1n) is 9.92. The number of aromatic nitrogens is 2. The molecule has 0 radical (unpaired) electrons. The van der Waals surface area contributed by atoms with Gasteiger partial charge in [0.05, 0.1) is 10.2 Å². The lowest BCUT2D eigenvalue weighted by Crippen LogP contribution is -2.30. The van der Waals surface area contributed by atoms with Gasteiger partial charge in [-0.25, -0.2) is 0 Å². The van der Waals surface area contributed by atoms with Crippen LogP contribution in [0.2, 0.25) is 0 Å². The minimum Gasteiger partial charge on any atom is -0.486 e. The Labute approximate surface area is 178 Å². The van der Waals surface area contributed by atoms with Gasteiger partial charge in [0.15, 0.2) is 5.75 Å². The minimum atomic E-state index is -0.164. The number of hydrogen-bond acceptors (Lipinski definition) is 5. The summed E-state index contributed by atoms with van der Waals surface area (Å²) in [5.74, 6) is 0.257. The molecule has 0 unspecified atom stereocenters. The number of carbonyl (C=O) groups is 1. The van der Waals surface area contributed by atoms with Crippen molar-refractivity contribution < 1.29 is 9.53 Å². The van der Waals surface area contributed by atoms with Crippen LogP contribution in [0, 0.1) is 0 Å². The number of ether oxygens (including phenoxy) is 1. The summed E-state index contributed by atoms with van der Waals surface area (Å²) in [6.45, 7) is 5.32. The van der Waals surface area contributed by atoms with Gasteiger partial charge < -0.3 is 14.2 Å². The molecule has 0 fully saturated rings. The van der Waals surface area contributed by atoms with Gasteiger partial charge in [-0.1, -0.05) is 18.2 Å². The molecule has 154 valence electrons. The monoisotopic (exact) mass is 421 g/mol. The van der Waals surface area contributed by atoms with E-state index in [4.69, 9.17) is 4.74 Å². The number of carbonyl (C=O) groups excluding carboxylic acids is 1. The zero-order chi connectivity index (χ0) is 21.3. The second-order valence-corrected chi connectivity index (χ2v) is 7.99. The average molecular weight is 422 g/mol. The van der Waals surface area contributed by atoms with Crippen molar-refractivity contribution in [3.05, 3.63) is 69.6 Å². The topological polar surface area (TPSA) is 64.4 Å². The Kier molecular flexibility index (Phi) is 5.55. The summed E-state index contributed by atoms with van der Waals surface area (Å²) in [6.07, 6.45) is 3.39. The van der Waals surface area contributed by atoms with Gasteiger partial charge in [-0.15, -0.1) is 11.3 Å². The highest BCUT2D eigenvalue weighted by molar-refractivity contribution is 7.22. The maximum Gasteiger partial charge on any atom is 0.267 e. The normalized spacial score (nSPS) is 11.2. The van der Waals surface area contributed by atoms with Crippen molar-refractivity contribution in [2.75, 3.05) is 13.1 Å². The largest absolute Gasteiger partial charge is 0.486 e. The van der Waals surface area contributed by atoms with Crippen LogP contribution in [0.5, 0.6) is 5.75 Å². The number of thiophene rings is 1. The molecule has 0 N–H and O–H groups in total. The highest BCUT2D eigenvalue weighted by Crippen LogP contribution is 2.40. The van der Waals surface area contributed by atoms with Gasteiger partial charge in [0.1, 0.15) is 16.9 Å². The minimum absolute atomic E-state index is 0.114. The summed E-state index contributed by atoms with van der Waals surface area (Å²) >= 11 is 1.34. The first kappa shape index (κ1) is 20.1. The molecular weight excluding hydrogens is 398 g/mol. The standard InChI is InChI=1S/C23H23N3O3S/c1-4-26(5-2)23(28)21-19(29-14-15-10-12-24-13-11-15)18-20(30-21)16-8-6-7-9-17(16)25(3)22(18)27/h6-13H,4-5,14H2,1-3H3. The second-order valence-electron chi connectivity index (χ2n) is 6.97. The molecule has 30 heavy (non-hydrogen) atoms. The van der Waals surface area contributed by atoms with Crippen LogP contribution < -0.4 is 10.3 Å². The van der Waals surface area contributed by atoms with E-state index in [0.29, 0.717) is 29.1 Å². The van der Waals surface area contributed by atoms with Crippen LogP contribution in [0.1, 0.15) is 29.1 Å².